The van der Waals surface area contributed by atoms with E-state index in [4.69, 9.17) is 4.42 Å². The molecule has 2 aromatic heterocycles. The third-order valence-corrected chi connectivity index (χ3v) is 3.85. The second-order valence-corrected chi connectivity index (χ2v) is 5.01. The predicted octanol–water partition coefficient (Wildman–Crippen LogP) is 1.13. The molecule has 0 radical (unpaired) electrons. The maximum Gasteiger partial charge on any atom is 0.335 e. The van der Waals surface area contributed by atoms with Gasteiger partial charge in [-0.05, 0) is 24.5 Å². The molecule has 0 N–H and O–H groups in total. The van der Waals surface area contributed by atoms with Gasteiger partial charge in [0.05, 0.1) is 10.9 Å². The summed E-state index contributed by atoms with van der Waals surface area (Å²) >= 11 is 0. The first-order valence-corrected chi connectivity index (χ1v) is 6.46. The number of hydrogen-bond acceptors (Lipinski definition) is 4. The van der Waals surface area contributed by atoms with Crippen molar-refractivity contribution in [2.75, 3.05) is 0 Å². The normalized spacial score (nSPS) is 14.0. The van der Waals surface area contributed by atoms with E-state index in [0.717, 1.165) is 30.0 Å². The zero-order chi connectivity index (χ0) is 13.9. The van der Waals surface area contributed by atoms with Gasteiger partial charge in [0, 0.05) is 18.0 Å². The zero-order valence-corrected chi connectivity index (χ0v) is 10.5. The SMILES string of the molecule is O=c1cc([O-])c2c(=O)n3c4c(cccc4c2o1)CCC3. The predicted molar refractivity (Wildman–Crippen MR) is 72.0 cm³/mol. The van der Waals surface area contributed by atoms with Crippen molar-refractivity contribution in [3.8, 4) is 5.75 Å². The Balaban J connectivity index is 2.42. The van der Waals surface area contributed by atoms with Gasteiger partial charge in [0.25, 0.3) is 5.56 Å². The molecule has 4 rings (SSSR count). The molecule has 0 amide bonds. The molecule has 5 heteroatoms. The molecule has 3 aromatic rings. The van der Waals surface area contributed by atoms with Gasteiger partial charge < -0.3 is 14.1 Å². The molecule has 0 unspecified atom stereocenters. The van der Waals surface area contributed by atoms with Crippen LogP contribution in [0.4, 0.5) is 0 Å². The maximum absolute atomic E-state index is 12.5. The van der Waals surface area contributed by atoms with E-state index < -0.39 is 11.4 Å². The number of para-hydroxylation sites is 1. The number of hydrogen-bond donors (Lipinski definition) is 0. The summed E-state index contributed by atoms with van der Waals surface area (Å²) in [5.74, 6) is -0.567. The number of pyridine rings is 1. The molecule has 1 aromatic carbocycles. The van der Waals surface area contributed by atoms with Crippen molar-refractivity contribution in [3.05, 3.63) is 50.6 Å². The highest BCUT2D eigenvalue weighted by Gasteiger charge is 2.18. The lowest BCUT2D eigenvalue weighted by Crippen LogP contribution is -2.26. The van der Waals surface area contributed by atoms with E-state index in [1.54, 1.807) is 10.6 Å². The van der Waals surface area contributed by atoms with Crippen molar-refractivity contribution in [3.63, 3.8) is 0 Å². The molecule has 0 spiro atoms. The number of nitrogens with zero attached hydrogens (tertiary/aromatic N) is 1. The molecule has 20 heavy (non-hydrogen) atoms. The summed E-state index contributed by atoms with van der Waals surface area (Å²) in [5.41, 5.74) is 0.857. The highest BCUT2D eigenvalue weighted by Crippen LogP contribution is 2.30. The van der Waals surface area contributed by atoms with Crippen LogP contribution in [0.3, 0.4) is 0 Å². The van der Waals surface area contributed by atoms with E-state index >= 15 is 0 Å². The smallest absolute Gasteiger partial charge is 0.335 e. The van der Waals surface area contributed by atoms with Crippen molar-refractivity contribution < 1.29 is 9.52 Å². The van der Waals surface area contributed by atoms with Crippen molar-refractivity contribution in [2.45, 2.75) is 19.4 Å². The minimum absolute atomic E-state index is 0.0313. The van der Waals surface area contributed by atoms with Gasteiger partial charge in [-0.25, -0.2) is 4.79 Å². The molecule has 0 fully saturated rings. The Labute approximate surface area is 112 Å². The summed E-state index contributed by atoms with van der Waals surface area (Å²) in [6, 6.07) is 6.43. The second kappa shape index (κ2) is 3.72. The number of rotatable bonds is 0. The van der Waals surface area contributed by atoms with Gasteiger partial charge in [-0.3, -0.25) is 4.79 Å². The number of benzene rings is 1. The molecule has 1 aliphatic rings. The molecular weight excluding hydrogens is 258 g/mol. The zero-order valence-electron chi connectivity index (χ0n) is 10.5. The second-order valence-electron chi connectivity index (χ2n) is 5.01. The van der Waals surface area contributed by atoms with Crippen LogP contribution in [0, 0.1) is 0 Å². The Bertz CT molecular complexity index is 981. The molecule has 0 saturated heterocycles. The fourth-order valence-electron chi connectivity index (χ4n) is 3.04. The Morgan fingerprint density at radius 2 is 2.10 bits per heavy atom. The molecule has 0 atom stereocenters. The standard InChI is InChI=1S/C15H11NO4/c17-10-7-11(18)20-14-9-5-1-3-8-4-2-6-16(13(8)9)15(19)12(10)14/h1,3,5,7,17H,2,4,6H2/p-1. The van der Waals surface area contributed by atoms with Crippen LogP contribution in [0.1, 0.15) is 12.0 Å². The van der Waals surface area contributed by atoms with Gasteiger partial charge in [0.1, 0.15) is 0 Å². The van der Waals surface area contributed by atoms with Crippen LogP contribution >= 0.6 is 0 Å². The average Bonchev–Trinajstić information content (AvgIpc) is 2.43. The highest BCUT2D eigenvalue weighted by atomic mass is 16.4. The van der Waals surface area contributed by atoms with Crippen molar-refractivity contribution in [1.82, 2.24) is 4.57 Å². The van der Waals surface area contributed by atoms with E-state index in [-0.39, 0.29) is 16.5 Å². The summed E-state index contributed by atoms with van der Waals surface area (Å²) in [5, 5.41) is 12.6. The van der Waals surface area contributed by atoms with Gasteiger partial charge in [0.15, 0.2) is 5.58 Å². The van der Waals surface area contributed by atoms with Crippen LogP contribution in [0.15, 0.2) is 38.3 Å². The fraction of sp³-hybridized carbons (Fsp3) is 0.200. The average molecular weight is 268 g/mol. The molecule has 3 heterocycles. The first-order valence-electron chi connectivity index (χ1n) is 6.46. The summed E-state index contributed by atoms with van der Waals surface area (Å²) in [4.78, 5) is 23.9. The van der Waals surface area contributed by atoms with Gasteiger partial charge in [-0.15, -0.1) is 0 Å². The Morgan fingerprint density at radius 3 is 2.95 bits per heavy atom. The lowest BCUT2D eigenvalue weighted by molar-refractivity contribution is -0.266. The molecule has 0 bridgehead atoms. The van der Waals surface area contributed by atoms with Gasteiger partial charge >= 0.3 is 5.63 Å². The van der Waals surface area contributed by atoms with Crippen LogP contribution in [0.2, 0.25) is 0 Å². The molecule has 0 saturated carbocycles. The van der Waals surface area contributed by atoms with Crippen LogP contribution in [0.25, 0.3) is 21.9 Å². The van der Waals surface area contributed by atoms with E-state index in [9.17, 15) is 14.7 Å². The molecule has 0 aliphatic carbocycles. The van der Waals surface area contributed by atoms with E-state index in [1.165, 1.54) is 0 Å². The minimum atomic E-state index is -0.719. The number of aryl methyl sites for hydroxylation is 2. The molecule has 1 aliphatic heterocycles. The topological polar surface area (TPSA) is 75.3 Å². The highest BCUT2D eigenvalue weighted by molar-refractivity contribution is 6.04. The largest absolute Gasteiger partial charge is 0.872 e. The maximum atomic E-state index is 12.5. The lowest BCUT2D eigenvalue weighted by atomic mass is 10.00. The molecule has 100 valence electrons. The molecular formula is C15H10NO4-. The summed E-state index contributed by atoms with van der Waals surface area (Å²) in [6.45, 7) is 0.584. The van der Waals surface area contributed by atoms with Gasteiger partial charge in [-0.2, -0.15) is 0 Å². The minimum Gasteiger partial charge on any atom is -0.872 e. The van der Waals surface area contributed by atoms with Crippen molar-refractivity contribution in [2.24, 2.45) is 0 Å². The van der Waals surface area contributed by atoms with Gasteiger partial charge in [-0.1, -0.05) is 17.9 Å². The quantitative estimate of drug-likeness (QED) is 0.573. The fourth-order valence-corrected chi connectivity index (χ4v) is 3.04. The van der Waals surface area contributed by atoms with Crippen molar-refractivity contribution in [1.29, 1.82) is 0 Å². The van der Waals surface area contributed by atoms with Crippen LogP contribution in [-0.4, -0.2) is 4.57 Å². The third-order valence-electron chi connectivity index (χ3n) is 3.85. The summed E-state index contributed by atoms with van der Waals surface area (Å²) < 4.78 is 6.77. The van der Waals surface area contributed by atoms with E-state index in [0.29, 0.717) is 11.9 Å². The number of aromatic nitrogens is 1. The summed E-state index contributed by atoms with van der Waals surface area (Å²) in [6.07, 6.45) is 1.74. The Morgan fingerprint density at radius 1 is 1.25 bits per heavy atom. The Hall–Kier alpha value is -2.56. The van der Waals surface area contributed by atoms with Crippen molar-refractivity contribution >= 4 is 21.9 Å². The number of fused-ring (bicyclic) bond motifs is 2. The van der Waals surface area contributed by atoms with Crippen LogP contribution < -0.4 is 16.3 Å². The summed E-state index contributed by atoms with van der Waals surface area (Å²) in [7, 11) is 0. The van der Waals surface area contributed by atoms with Crippen LogP contribution in [-0.2, 0) is 13.0 Å². The lowest BCUT2D eigenvalue weighted by Gasteiger charge is -2.21. The first kappa shape index (κ1) is 11.3. The third kappa shape index (κ3) is 1.32. The molecule has 5 nitrogen and oxygen atoms in total. The Kier molecular flexibility index (Phi) is 2.10. The monoisotopic (exact) mass is 268 g/mol. The first-order chi connectivity index (χ1) is 9.66. The van der Waals surface area contributed by atoms with Gasteiger partial charge in [0.2, 0.25) is 0 Å². The van der Waals surface area contributed by atoms with E-state index in [2.05, 4.69) is 0 Å². The van der Waals surface area contributed by atoms with Crippen LogP contribution in [0.5, 0.6) is 5.75 Å². The van der Waals surface area contributed by atoms with E-state index in [1.807, 2.05) is 12.1 Å².